The van der Waals surface area contributed by atoms with Gasteiger partial charge < -0.3 is 0 Å². The molecule has 0 aliphatic rings. The van der Waals surface area contributed by atoms with Gasteiger partial charge in [-0.05, 0) is 0 Å². The van der Waals surface area contributed by atoms with Crippen molar-refractivity contribution in [1.82, 2.24) is 0 Å². The Morgan fingerprint density at radius 2 is 1.17 bits per heavy atom. The van der Waals surface area contributed by atoms with Gasteiger partial charge in [0, 0.05) is 0 Å². The fourth-order valence-electron chi connectivity index (χ4n) is 0. The van der Waals surface area contributed by atoms with E-state index in [0.717, 1.165) is 0 Å². The second-order valence-corrected chi connectivity index (χ2v) is 3.00. The standard InChI is InChI=1S/H2O4Te.Sb.3H/c1-5(2,3)4;;;;/h(H2,1,2,3,4);;;;. The Hall–Kier alpha value is 1.13. The maximum atomic E-state index is 8.85. The van der Waals surface area contributed by atoms with E-state index in [1.165, 1.54) is 0 Å². The Labute approximate surface area is 56.3 Å². The summed E-state index contributed by atoms with van der Waals surface area (Å²) in [7, 11) is 0. The molecule has 0 bridgehead atoms. The van der Waals surface area contributed by atoms with Gasteiger partial charge in [0.05, 0.1) is 0 Å². The SMILES string of the molecule is O=[Te](=O)(O)O.[SbH3]. The molecular formula is H5O4SbTe. The summed E-state index contributed by atoms with van der Waals surface area (Å²) in [5, 5.41) is 0. The van der Waals surface area contributed by atoms with Crippen LogP contribution in [0.1, 0.15) is 0 Å². The summed E-state index contributed by atoms with van der Waals surface area (Å²) in [4.78, 5) is 0. The zero-order valence-electron chi connectivity index (χ0n) is 2.83. The second-order valence-electron chi connectivity index (χ2n) is 0.448. The van der Waals surface area contributed by atoms with Crippen LogP contribution >= 0.6 is 0 Å². The molecule has 0 aromatic heterocycles. The minimum absolute atomic E-state index is 0. The fraction of sp³-hybridized carbons (Fsp3) is 0. The normalized spacial score (nSPS) is 9.67. The van der Waals surface area contributed by atoms with Crippen LogP contribution in [0.3, 0.4) is 0 Å². The van der Waals surface area contributed by atoms with Gasteiger partial charge in [-0.1, -0.05) is 0 Å². The maximum absolute atomic E-state index is 8.85. The molecule has 6 heteroatoms. The van der Waals surface area contributed by atoms with Crippen molar-refractivity contribution < 1.29 is 13.2 Å². The molecule has 0 spiro atoms. The molecule has 0 fully saturated rings. The Balaban J connectivity index is 0. The molecule has 0 aromatic carbocycles. The van der Waals surface area contributed by atoms with Crippen molar-refractivity contribution in [2.75, 3.05) is 0 Å². The molecule has 2 N–H and O–H groups in total. The van der Waals surface area contributed by atoms with Crippen molar-refractivity contribution >= 4 is 43.4 Å². The molecule has 0 unspecified atom stereocenters. The van der Waals surface area contributed by atoms with Crippen molar-refractivity contribution in [3.05, 3.63) is 0 Å². The quantitative estimate of drug-likeness (QED) is 0.470. The van der Waals surface area contributed by atoms with E-state index in [1.807, 2.05) is 0 Å². The van der Waals surface area contributed by atoms with E-state index in [-0.39, 0.29) is 24.4 Å². The molecule has 0 aliphatic heterocycles. The van der Waals surface area contributed by atoms with Gasteiger partial charge in [0.25, 0.3) is 0 Å². The molecule has 4 nitrogen and oxygen atoms in total. The van der Waals surface area contributed by atoms with Crippen LogP contribution in [0, 0.1) is 0 Å². The predicted octanol–water partition coefficient (Wildman–Crippen LogP) is -2.92. The molecule has 0 amide bonds. The number of hydrogen-bond acceptors (Lipinski definition) is 2. The zero-order chi connectivity index (χ0) is 4.50. The summed E-state index contributed by atoms with van der Waals surface area (Å²) in [6.45, 7) is 0. The van der Waals surface area contributed by atoms with Gasteiger partial charge in [0.1, 0.15) is 0 Å². The molecule has 0 heterocycles. The second kappa shape index (κ2) is 3.17. The van der Waals surface area contributed by atoms with Crippen LogP contribution in [-0.2, 0) is 6.21 Å². The third kappa shape index (κ3) is 68.7. The van der Waals surface area contributed by atoms with E-state index in [9.17, 15) is 0 Å². The van der Waals surface area contributed by atoms with E-state index >= 15 is 0 Å². The van der Waals surface area contributed by atoms with Crippen molar-refractivity contribution in [1.29, 1.82) is 0 Å². The van der Waals surface area contributed by atoms with Crippen LogP contribution in [0.15, 0.2) is 0 Å². The summed E-state index contributed by atoms with van der Waals surface area (Å²) in [5.74, 6) is 0. The topological polar surface area (TPSA) is 74.6 Å². The van der Waals surface area contributed by atoms with Gasteiger partial charge in [-0.25, -0.2) is 0 Å². The summed E-state index contributed by atoms with van der Waals surface area (Å²) in [5.41, 5.74) is 0. The number of rotatable bonds is 0. The predicted molar refractivity (Wildman–Crippen MR) is 21.5 cm³/mol. The average molecular weight is 318 g/mol. The molecule has 0 radical (unpaired) electrons. The molecule has 0 aromatic rings. The third-order valence-electron chi connectivity index (χ3n) is 0. The van der Waals surface area contributed by atoms with E-state index in [0.29, 0.717) is 0 Å². The van der Waals surface area contributed by atoms with Crippen LogP contribution in [0.25, 0.3) is 0 Å². The van der Waals surface area contributed by atoms with Gasteiger partial charge in [-0.2, -0.15) is 0 Å². The Morgan fingerprint density at radius 1 is 1.17 bits per heavy atom. The molecule has 6 heavy (non-hydrogen) atoms. The van der Waals surface area contributed by atoms with E-state index in [4.69, 9.17) is 13.2 Å². The summed E-state index contributed by atoms with van der Waals surface area (Å²) >= 11 is -5.52. The Morgan fingerprint density at radius 3 is 1.17 bits per heavy atom. The van der Waals surface area contributed by atoms with Crippen LogP contribution < -0.4 is 0 Å². The van der Waals surface area contributed by atoms with Crippen LogP contribution in [0.2, 0.25) is 0 Å². The van der Waals surface area contributed by atoms with E-state index in [2.05, 4.69) is 0 Å². The van der Waals surface area contributed by atoms with Gasteiger partial charge >= 0.3 is 56.5 Å². The Bertz CT molecular complexity index is 90.7. The van der Waals surface area contributed by atoms with Gasteiger partial charge in [-0.15, -0.1) is 0 Å². The monoisotopic (exact) mass is 320 g/mol. The van der Waals surface area contributed by atoms with Crippen LogP contribution in [0.4, 0.5) is 0 Å². The molecule has 40 valence electrons. The Kier molecular flexibility index (Phi) is 5.38. The van der Waals surface area contributed by atoms with Crippen LogP contribution in [0.5, 0.6) is 0 Å². The first kappa shape index (κ1) is 10.2. The molecule has 0 saturated heterocycles. The number of hydrogen-bond donors (Lipinski definition) is 2. The first-order chi connectivity index (χ1) is 2.00. The van der Waals surface area contributed by atoms with Gasteiger partial charge in [0.2, 0.25) is 0 Å². The van der Waals surface area contributed by atoms with Crippen molar-refractivity contribution in [3.63, 3.8) is 0 Å². The zero-order valence-corrected chi connectivity index (χ0v) is 9.19. The van der Waals surface area contributed by atoms with Gasteiger partial charge in [0.15, 0.2) is 0 Å². The van der Waals surface area contributed by atoms with Crippen molar-refractivity contribution in [2.24, 2.45) is 0 Å². The molecule has 0 aliphatic carbocycles. The van der Waals surface area contributed by atoms with Crippen molar-refractivity contribution in [2.45, 2.75) is 0 Å². The first-order valence-electron chi connectivity index (χ1n) is 0.698. The minimum atomic E-state index is -5.52. The fourth-order valence-corrected chi connectivity index (χ4v) is 0. The molecule has 0 atom stereocenters. The van der Waals surface area contributed by atoms with Crippen molar-refractivity contribution in [3.8, 4) is 0 Å². The summed E-state index contributed by atoms with van der Waals surface area (Å²) < 4.78 is 32.0. The van der Waals surface area contributed by atoms with Crippen LogP contribution in [-0.4, -0.2) is 50.3 Å². The van der Waals surface area contributed by atoms with Gasteiger partial charge in [-0.3, -0.25) is 0 Å². The molecule has 0 rings (SSSR count). The average Bonchev–Trinajstić information content (AvgIpc) is 0.722. The summed E-state index contributed by atoms with van der Waals surface area (Å²) in [6.07, 6.45) is 0. The van der Waals surface area contributed by atoms with E-state index in [1.54, 1.807) is 0 Å². The molecule has 0 saturated carbocycles. The summed E-state index contributed by atoms with van der Waals surface area (Å²) in [6, 6.07) is 0. The first-order valence-corrected chi connectivity index (χ1v) is 4.69. The molecular weight excluding hydrogens is 313 g/mol. The van der Waals surface area contributed by atoms with E-state index < -0.39 is 19.0 Å². The third-order valence-corrected chi connectivity index (χ3v) is 0.